The van der Waals surface area contributed by atoms with Gasteiger partial charge in [0.25, 0.3) is 0 Å². The number of rotatable bonds is 0. The SMILES string of the molecule is C#CCN.S. The van der Waals surface area contributed by atoms with Gasteiger partial charge < -0.3 is 5.73 Å². The van der Waals surface area contributed by atoms with Crippen LogP contribution in [0.3, 0.4) is 0 Å². The van der Waals surface area contributed by atoms with E-state index in [-0.39, 0.29) is 13.5 Å². The molecule has 0 heterocycles. The molecule has 0 aliphatic heterocycles. The lowest BCUT2D eigenvalue weighted by Crippen LogP contribution is -1.91. The van der Waals surface area contributed by atoms with E-state index in [1.54, 1.807) is 0 Å². The summed E-state index contributed by atoms with van der Waals surface area (Å²) in [5.41, 5.74) is 4.79. The van der Waals surface area contributed by atoms with Gasteiger partial charge in [-0.3, -0.25) is 0 Å². The molecule has 0 aromatic heterocycles. The van der Waals surface area contributed by atoms with Crippen LogP contribution in [0.5, 0.6) is 0 Å². The highest BCUT2D eigenvalue weighted by atomic mass is 32.1. The van der Waals surface area contributed by atoms with Gasteiger partial charge in [-0.05, 0) is 0 Å². The predicted molar refractivity (Wildman–Crippen MR) is 28.3 cm³/mol. The largest absolute Gasteiger partial charge is 0.320 e. The first-order chi connectivity index (χ1) is 1.91. The average Bonchev–Trinajstić information content (AvgIpc) is 1.37. The monoisotopic (exact) mass is 89.0 g/mol. The molecule has 0 radical (unpaired) electrons. The summed E-state index contributed by atoms with van der Waals surface area (Å²) in [6, 6.07) is 0. The van der Waals surface area contributed by atoms with Crippen LogP contribution in [0.25, 0.3) is 0 Å². The van der Waals surface area contributed by atoms with Crippen molar-refractivity contribution in [2.24, 2.45) is 5.73 Å². The summed E-state index contributed by atoms with van der Waals surface area (Å²) in [5, 5.41) is 0. The highest BCUT2D eigenvalue weighted by Gasteiger charge is 1.41. The molecule has 2 N–H and O–H groups in total. The lowest BCUT2D eigenvalue weighted by molar-refractivity contribution is 1.30. The maximum Gasteiger partial charge on any atom is 0.0548 e. The van der Waals surface area contributed by atoms with E-state index in [1.807, 2.05) is 0 Å². The van der Waals surface area contributed by atoms with Gasteiger partial charge in [0.15, 0.2) is 0 Å². The maximum atomic E-state index is 4.79. The van der Waals surface area contributed by atoms with Crippen molar-refractivity contribution in [3.63, 3.8) is 0 Å². The van der Waals surface area contributed by atoms with Gasteiger partial charge in [0.2, 0.25) is 0 Å². The Hall–Kier alpha value is -0.130. The minimum absolute atomic E-state index is 0. The number of hydrogen-bond donors (Lipinski definition) is 1. The summed E-state index contributed by atoms with van der Waals surface area (Å²) in [7, 11) is 0. The third-order valence-electron chi connectivity index (χ3n) is 0.118. The molecule has 0 saturated heterocycles. The molecule has 0 amide bonds. The smallest absolute Gasteiger partial charge is 0.0548 e. The predicted octanol–water partition coefficient (Wildman–Crippen LogP) is -0.309. The second kappa shape index (κ2) is 9.12. The Morgan fingerprint density at radius 1 is 1.80 bits per heavy atom. The normalized spacial score (nSPS) is 4.00. The van der Waals surface area contributed by atoms with Crippen LogP contribution in [-0.2, 0) is 0 Å². The molecule has 0 aromatic carbocycles. The number of terminal acetylenes is 1. The Balaban J connectivity index is 0. The highest BCUT2D eigenvalue weighted by Crippen LogP contribution is 1.25. The Bertz CT molecular complexity index is 36.6. The molecule has 0 unspecified atom stereocenters. The molecule has 0 saturated carbocycles. The first kappa shape index (κ1) is 8.85. The molecule has 0 fully saturated rings. The Kier molecular flexibility index (Phi) is 16.1. The van der Waals surface area contributed by atoms with Gasteiger partial charge in [0.05, 0.1) is 6.54 Å². The summed E-state index contributed by atoms with van der Waals surface area (Å²) >= 11 is 0. The van der Waals surface area contributed by atoms with Crippen molar-refractivity contribution in [3.05, 3.63) is 0 Å². The van der Waals surface area contributed by atoms with Gasteiger partial charge in [0.1, 0.15) is 0 Å². The van der Waals surface area contributed by atoms with Crippen LogP contribution < -0.4 is 5.73 Å². The molecule has 30 valence electrons. The van der Waals surface area contributed by atoms with E-state index in [0.29, 0.717) is 6.54 Å². The molecule has 0 atom stereocenters. The van der Waals surface area contributed by atoms with Gasteiger partial charge in [-0.1, -0.05) is 5.92 Å². The number of hydrogen-bond acceptors (Lipinski definition) is 1. The minimum atomic E-state index is 0. The van der Waals surface area contributed by atoms with Crippen molar-refractivity contribution in [1.29, 1.82) is 0 Å². The highest BCUT2D eigenvalue weighted by molar-refractivity contribution is 7.59. The molecule has 0 aromatic rings. The first-order valence-electron chi connectivity index (χ1n) is 1.05. The zero-order chi connectivity index (χ0) is 3.41. The second-order valence-electron chi connectivity index (χ2n) is 0.408. The van der Waals surface area contributed by atoms with E-state index in [1.165, 1.54) is 0 Å². The average molecular weight is 89.2 g/mol. The Morgan fingerprint density at radius 2 is 2.00 bits per heavy atom. The summed E-state index contributed by atoms with van der Waals surface area (Å²) in [6.45, 7) is 0.347. The van der Waals surface area contributed by atoms with Crippen molar-refractivity contribution in [2.45, 2.75) is 0 Å². The fraction of sp³-hybridized carbons (Fsp3) is 0.333. The van der Waals surface area contributed by atoms with Crippen molar-refractivity contribution < 1.29 is 0 Å². The van der Waals surface area contributed by atoms with Crippen LogP contribution in [0.1, 0.15) is 0 Å². The third kappa shape index (κ3) is 17.9. The fourth-order valence-corrected chi connectivity index (χ4v) is 0. The van der Waals surface area contributed by atoms with E-state index < -0.39 is 0 Å². The fourth-order valence-electron chi connectivity index (χ4n) is 0. The Labute approximate surface area is 39.0 Å². The van der Waals surface area contributed by atoms with Crippen LogP contribution in [0.2, 0.25) is 0 Å². The molecule has 5 heavy (non-hydrogen) atoms. The topological polar surface area (TPSA) is 26.0 Å². The maximum absolute atomic E-state index is 4.79. The van der Waals surface area contributed by atoms with Crippen molar-refractivity contribution in [1.82, 2.24) is 0 Å². The second-order valence-corrected chi connectivity index (χ2v) is 0.408. The molecule has 0 rings (SSSR count). The van der Waals surface area contributed by atoms with Gasteiger partial charge in [-0.2, -0.15) is 13.5 Å². The van der Waals surface area contributed by atoms with Gasteiger partial charge in [0, 0.05) is 0 Å². The quantitative estimate of drug-likeness (QED) is 0.405. The lowest BCUT2D eigenvalue weighted by Gasteiger charge is -1.56. The van der Waals surface area contributed by atoms with Crippen LogP contribution in [-0.4, -0.2) is 6.54 Å². The molecule has 0 aliphatic rings. The van der Waals surface area contributed by atoms with Crippen LogP contribution in [0.4, 0.5) is 0 Å². The van der Waals surface area contributed by atoms with E-state index in [9.17, 15) is 0 Å². The molecule has 0 bridgehead atoms. The van der Waals surface area contributed by atoms with Gasteiger partial charge in [-0.15, -0.1) is 6.42 Å². The van der Waals surface area contributed by atoms with Crippen molar-refractivity contribution in [3.8, 4) is 12.3 Å². The summed E-state index contributed by atoms with van der Waals surface area (Å²) in [6.07, 6.45) is 4.65. The van der Waals surface area contributed by atoms with Crippen LogP contribution in [0.15, 0.2) is 0 Å². The van der Waals surface area contributed by atoms with Gasteiger partial charge in [-0.25, -0.2) is 0 Å². The molecule has 2 heteroatoms. The minimum Gasteiger partial charge on any atom is -0.320 e. The number of nitrogens with two attached hydrogens (primary N) is 1. The summed E-state index contributed by atoms with van der Waals surface area (Å²) < 4.78 is 0. The molecule has 1 nitrogen and oxygen atoms in total. The van der Waals surface area contributed by atoms with E-state index in [0.717, 1.165) is 0 Å². The lowest BCUT2D eigenvalue weighted by atomic mass is 10.7. The summed E-state index contributed by atoms with van der Waals surface area (Å²) in [5.74, 6) is 2.21. The zero-order valence-corrected chi connectivity index (χ0v) is 3.86. The zero-order valence-electron chi connectivity index (χ0n) is 2.86. The standard InChI is InChI=1S/C3H5N.H2S/c1-2-3-4;/h1H,3-4H2;1H2. The Morgan fingerprint density at radius 3 is 2.00 bits per heavy atom. The third-order valence-corrected chi connectivity index (χ3v) is 0.118. The van der Waals surface area contributed by atoms with Gasteiger partial charge >= 0.3 is 0 Å². The van der Waals surface area contributed by atoms with Crippen molar-refractivity contribution in [2.75, 3.05) is 6.54 Å². The summed E-state index contributed by atoms with van der Waals surface area (Å²) in [4.78, 5) is 0. The van der Waals surface area contributed by atoms with E-state index in [4.69, 9.17) is 5.73 Å². The molecule has 0 spiro atoms. The van der Waals surface area contributed by atoms with Crippen LogP contribution >= 0.6 is 13.5 Å². The van der Waals surface area contributed by atoms with Crippen molar-refractivity contribution >= 4 is 13.5 Å². The van der Waals surface area contributed by atoms with E-state index in [2.05, 4.69) is 12.3 Å². The van der Waals surface area contributed by atoms with Crippen LogP contribution in [0, 0.1) is 12.3 Å². The molecule has 0 aliphatic carbocycles. The first-order valence-corrected chi connectivity index (χ1v) is 1.05. The van der Waals surface area contributed by atoms with E-state index >= 15 is 0 Å². The molecular formula is C3H7NS. The molecular weight excluding hydrogens is 82.1 g/mol.